The van der Waals surface area contributed by atoms with Gasteiger partial charge in [-0.25, -0.2) is 0 Å². The van der Waals surface area contributed by atoms with E-state index >= 15 is 0 Å². The van der Waals surface area contributed by atoms with E-state index in [4.69, 9.17) is 9.15 Å². The highest BCUT2D eigenvalue weighted by atomic mass is 16.5. The van der Waals surface area contributed by atoms with Crippen molar-refractivity contribution in [1.29, 1.82) is 0 Å². The molecule has 0 unspecified atom stereocenters. The van der Waals surface area contributed by atoms with Crippen molar-refractivity contribution in [3.8, 4) is 17.1 Å². The Bertz CT molecular complexity index is 505. The normalized spacial score (nSPS) is 10.6. The highest BCUT2D eigenvalue weighted by Crippen LogP contribution is 2.25. The maximum Gasteiger partial charge on any atom is 0.134 e. The Morgan fingerprint density at radius 2 is 2.05 bits per heavy atom. The van der Waals surface area contributed by atoms with Crippen molar-refractivity contribution in [2.75, 3.05) is 13.2 Å². The zero-order chi connectivity index (χ0) is 13.5. The molecule has 0 atom stereocenters. The van der Waals surface area contributed by atoms with E-state index in [9.17, 15) is 0 Å². The number of nitrogens with one attached hydrogen (secondary N) is 1. The van der Waals surface area contributed by atoms with E-state index in [-0.39, 0.29) is 0 Å². The fourth-order valence-corrected chi connectivity index (χ4v) is 1.92. The molecular weight excluding hydrogens is 238 g/mol. The van der Waals surface area contributed by atoms with Gasteiger partial charge < -0.3 is 14.5 Å². The van der Waals surface area contributed by atoms with Gasteiger partial charge in [-0.15, -0.1) is 0 Å². The quantitative estimate of drug-likeness (QED) is 0.767. The lowest BCUT2D eigenvalue weighted by molar-refractivity contribution is 0.340. The second-order valence-electron chi connectivity index (χ2n) is 4.40. The van der Waals surface area contributed by atoms with Gasteiger partial charge in [0.1, 0.15) is 17.3 Å². The van der Waals surface area contributed by atoms with E-state index in [0.29, 0.717) is 6.61 Å². The molecule has 2 aromatic rings. The van der Waals surface area contributed by atoms with Crippen LogP contribution < -0.4 is 10.1 Å². The molecular formula is C16H21NO2. The largest absolute Gasteiger partial charge is 0.494 e. The van der Waals surface area contributed by atoms with E-state index in [1.165, 1.54) is 0 Å². The van der Waals surface area contributed by atoms with Crippen molar-refractivity contribution in [3.05, 3.63) is 42.2 Å². The van der Waals surface area contributed by atoms with Crippen LogP contribution in [0, 0.1) is 0 Å². The smallest absolute Gasteiger partial charge is 0.134 e. The van der Waals surface area contributed by atoms with Crippen LogP contribution in [0.1, 0.15) is 26.0 Å². The Balaban J connectivity index is 2.07. The van der Waals surface area contributed by atoms with Crippen LogP contribution in [0.4, 0.5) is 0 Å². The highest BCUT2D eigenvalue weighted by Gasteiger charge is 2.05. The molecule has 0 aliphatic rings. The van der Waals surface area contributed by atoms with Crippen LogP contribution in [0.25, 0.3) is 11.3 Å². The molecule has 2 rings (SSSR count). The molecule has 1 aromatic carbocycles. The third-order valence-corrected chi connectivity index (χ3v) is 2.82. The molecule has 1 heterocycles. The molecule has 3 nitrogen and oxygen atoms in total. The SMILES string of the molecule is CCCNCc1ccc(-c2cccc(OCC)c2)o1. The van der Waals surface area contributed by atoms with Crippen LogP contribution in [0.3, 0.4) is 0 Å². The summed E-state index contributed by atoms with van der Waals surface area (Å²) in [6.45, 7) is 6.60. The van der Waals surface area contributed by atoms with Crippen molar-refractivity contribution in [2.45, 2.75) is 26.8 Å². The first-order valence-electron chi connectivity index (χ1n) is 6.86. The van der Waals surface area contributed by atoms with Crippen LogP contribution in [-0.2, 0) is 6.54 Å². The second kappa shape index (κ2) is 7.00. The molecule has 1 aromatic heterocycles. The van der Waals surface area contributed by atoms with Crippen LogP contribution >= 0.6 is 0 Å². The predicted octanol–water partition coefficient (Wildman–Crippen LogP) is 3.84. The maximum atomic E-state index is 5.83. The first kappa shape index (κ1) is 13.7. The highest BCUT2D eigenvalue weighted by molar-refractivity contribution is 5.59. The molecule has 1 N–H and O–H groups in total. The summed E-state index contributed by atoms with van der Waals surface area (Å²) < 4.78 is 11.3. The first-order chi connectivity index (χ1) is 9.33. The van der Waals surface area contributed by atoms with Crippen molar-refractivity contribution < 1.29 is 9.15 Å². The molecule has 0 saturated carbocycles. The van der Waals surface area contributed by atoms with Gasteiger partial charge in [-0.2, -0.15) is 0 Å². The van der Waals surface area contributed by atoms with E-state index in [1.807, 2.05) is 43.3 Å². The summed E-state index contributed by atoms with van der Waals surface area (Å²) in [5.41, 5.74) is 1.05. The Morgan fingerprint density at radius 3 is 2.84 bits per heavy atom. The van der Waals surface area contributed by atoms with Gasteiger partial charge in [-0.05, 0) is 44.2 Å². The van der Waals surface area contributed by atoms with Crippen LogP contribution in [0.5, 0.6) is 5.75 Å². The third-order valence-electron chi connectivity index (χ3n) is 2.82. The van der Waals surface area contributed by atoms with Gasteiger partial charge in [-0.1, -0.05) is 19.1 Å². The lowest BCUT2D eigenvalue weighted by atomic mass is 10.1. The molecule has 0 radical (unpaired) electrons. The molecule has 0 amide bonds. The molecule has 0 fully saturated rings. The molecule has 19 heavy (non-hydrogen) atoms. The topological polar surface area (TPSA) is 34.4 Å². The van der Waals surface area contributed by atoms with Gasteiger partial charge in [0.05, 0.1) is 13.2 Å². The first-order valence-corrected chi connectivity index (χ1v) is 6.86. The monoisotopic (exact) mass is 259 g/mol. The number of furan rings is 1. The zero-order valence-corrected chi connectivity index (χ0v) is 11.6. The van der Waals surface area contributed by atoms with Gasteiger partial charge in [-0.3, -0.25) is 0 Å². The van der Waals surface area contributed by atoms with E-state index in [1.54, 1.807) is 0 Å². The number of benzene rings is 1. The molecule has 0 saturated heterocycles. The van der Waals surface area contributed by atoms with E-state index < -0.39 is 0 Å². The van der Waals surface area contributed by atoms with Crippen molar-refractivity contribution in [3.63, 3.8) is 0 Å². The third kappa shape index (κ3) is 3.86. The molecule has 0 aliphatic heterocycles. The summed E-state index contributed by atoms with van der Waals surface area (Å²) in [4.78, 5) is 0. The average Bonchev–Trinajstić information content (AvgIpc) is 2.89. The Morgan fingerprint density at radius 1 is 1.16 bits per heavy atom. The van der Waals surface area contributed by atoms with Gasteiger partial charge in [0.15, 0.2) is 0 Å². The van der Waals surface area contributed by atoms with Crippen molar-refractivity contribution in [1.82, 2.24) is 5.32 Å². The zero-order valence-electron chi connectivity index (χ0n) is 11.6. The summed E-state index contributed by atoms with van der Waals surface area (Å²) in [6, 6.07) is 12.0. The summed E-state index contributed by atoms with van der Waals surface area (Å²) in [5.74, 6) is 2.72. The lowest BCUT2D eigenvalue weighted by Gasteiger charge is -2.04. The molecule has 0 bridgehead atoms. The van der Waals surface area contributed by atoms with Gasteiger partial charge in [0.2, 0.25) is 0 Å². The van der Waals surface area contributed by atoms with Gasteiger partial charge >= 0.3 is 0 Å². The van der Waals surface area contributed by atoms with Crippen LogP contribution in [0.15, 0.2) is 40.8 Å². The van der Waals surface area contributed by atoms with E-state index in [2.05, 4.69) is 12.2 Å². The maximum absolute atomic E-state index is 5.83. The van der Waals surface area contributed by atoms with Crippen LogP contribution in [0.2, 0.25) is 0 Å². The summed E-state index contributed by atoms with van der Waals surface area (Å²) in [5, 5.41) is 3.33. The molecule has 102 valence electrons. The predicted molar refractivity (Wildman–Crippen MR) is 77.3 cm³/mol. The number of hydrogen-bond donors (Lipinski definition) is 1. The number of ether oxygens (including phenoxy) is 1. The summed E-state index contributed by atoms with van der Waals surface area (Å²) in [7, 11) is 0. The molecule has 0 aliphatic carbocycles. The minimum absolute atomic E-state index is 0.674. The number of rotatable bonds is 7. The molecule has 3 heteroatoms. The molecule has 0 spiro atoms. The Hall–Kier alpha value is -1.74. The standard InChI is InChI=1S/C16H21NO2/c1-3-10-17-12-15-8-9-16(19-15)13-6-5-7-14(11-13)18-4-2/h5-9,11,17H,3-4,10,12H2,1-2H3. The minimum Gasteiger partial charge on any atom is -0.494 e. The summed E-state index contributed by atoms with van der Waals surface area (Å²) in [6.07, 6.45) is 1.13. The lowest BCUT2D eigenvalue weighted by Crippen LogP contribution is -2.12. The average molecular weight is 259 g/mol. The number of hydrogen-bond acceptors (Lipinski definition) is 3. The summed E-state index contributed by atoms with van der Waals surface area (Å²) >= 11 is 0. The van der Waals surface area contributed by atoms with E-state index in [0.717, 1.165) is 42.3 Å². The fraction of sp³-hybridized carbons (Fsp3) is 0.375. The Labute approximate surface area is 114 Å². The second-order valence-corrected chi connectivity index (χ2v) is 4.40. The van der Waals surface area contributed by atoms with Gasteiger partial charge in [0.25, 0.3) is 0 Å². The minimum atomic E-state index is 0.674. The van der Waals surface area contributed by atoms with Crippen molar-refractivity contribution in [2.24, 2.45) is 0 Å². The Kier molecular flexibility index (Phi) is 5.04. The van der Waals surface area contributed by atoms with Crippen LogP contribution in [-0.4, -0.2) is 13.2 Å². The fourth-order valence-electron chi connectivity index (χ4n) is 1.92. The van der Waals surface area contributed by atoms with Crippen molar-refractivity contribution >= 4 is 0 Å². The van der Waals surface area contributed by atoms with Gasteiger partial charge in [0, 0.05) is 5.56 Å².